The first-order valence-electron chi connectivity index (χ1n) is 4.64. The Hall–Kier alpha value is -1.63. The summed E-state index contributed by atoms with van der Waals surface area (Å²) >= 11 is 0. The van der Waals surface area contributed by atoms with E-state index in [1.807, 2.05) is 6.07 Å². The van der Waals surface area contributed by atoms with E-state index in [-0.39, 0.29) is 6.54 Å². The Morgan fingerprint density at radius 3 is 2.57 bits per heavy atom. The quantitative estimate of drug-likeness (QED) is 0.733. The van der Waals surface area contributed by atoms with E-state index < -0.39 is 0 Å². The SMILES string of the molecule is CC(C)Cc1cnc(NCC#N)nc1. The first kappa shape index (κ1) is 10.5. The zero-order chi connectivity index (χ0) is 10.4. The molecule has 1 aromatic heterocycles. The van der Waals surface area contributed by atoms with Gasteiger partial charge < -0.3 is 5.32 Å². The lowest BCUT2D eigenvalue weighted by Gasteiger charge is -2.04. The second kappa shape index (κ2) is 5.18. The fourth-order valence-electron chi connectivity index (χ4n) is 1.14. The van der Waals surface area contributed by atoms with Gasteiger partial charge in [0, 0.05) is 12.4 Å². The van der Waals surface area contributed by atoms with E-state index >= 15 is 0 Å². The van der Waals surface area contributed by atoms with Gasteiger partial charge in [0.15, 0.2) is 0 Å². The number of hydrogen-bond donors (Lipinski definition) is 1. The van der Waals surface area contributed by atoms with Gasteiger partial charge in [0.2, 0.25) is 5.95 Å². The van der Waals surface area contributed by atoms with Crippen LogP contribution in [0.25, 0.3) is 0 Å². The molecule has 0 aliphatic heterocycles. The molecule has 0 aromatic carbocycles. The van der Waals surface area contributed by atoms with E-state index in [0.29, 0.717) is 11.9 Å². The molecule has 0 radical (unpaired) electrons. The number of rotatable bonds is 4. The predicted octanol–water partition coefficient (Wildman–Crippen LogP) is 1.61. The largest absolute Gasteiger partial charge is 0.341 e. The van der Waals surface area contributed by atoms with Crippen LogP contribution in [0.3, 0.4) is 0 Å². The molecule has 0 aliphatic rings. The molecule has 14 heavy (non-hydrogen) atoms. The third-order valence-corrected chi connectivity index (χ3v) is 1.67. The van der Waals surface area contributed by atoms with Gasteiger partial charge in [-0.15, -0.1) is 0 Å². The normalized spacial score (nSPS) is 9.86. The second-order valence-corrected chi connectivity index (χ2v) is 3.52. The molecule has 1 heterocycles. The number of anilines is 1. The molecule has 0 saturated heterocycles. The summed E-state index contributed by atoms with van der Waals surface area (Å²) in [6.45, 7) is 4.55. The highest BCUT2D eigenvalue weighted by Gasteiger charge is 1.99. The Labute approximate surface area is 84.0 Å². The maximum Gasteiger partial charge on any atom is 0.223 e. The average molecular weight is 190 g/mol. The van der Waals surface area contributed by atoms with Gasteiger partial charge >= 0.3 is 0 Å². The summed E-state index contributed by atoms with van der Waals surface area (Å²) in [7, 11) is 0. The van der Waals surface area contributed by atoms with Crippen LogP contribution in [-0.4, -0.2) is 16.5 Å². The lowest BCUT2D eigenvalue weighted by Crippen LogP contribution is -2.04. The fraction of sp³-hybridized carbons (Fsp3) is 0.500. The van der Waals surface area contributed by atoms with Gasteiger partial charge in [-0.05, 0) is 17.9 Å². The molecule has 0 aliphatic carbocycles. The van der Waals surface area contributed by atoms with E-state index in [2.05, 4.69) is 29.1 Å². The minimum Gasteiger partial charge on any atom is -0.341 e. The summed E-state index contributed by atoms with van der Waals surface area (Å²) in [5.41, 5.74) is 1.13. The van der Waals surface area contributed by atoms with Gasteiger partial charge in [0.05, 0.1) is 6.07 Å². The van der Waals surface area contributed by atoms with Crippen molar-refractivity contribution < 1.29 is 0 Å². The van der Waals surface area contributed by atoms with Gasteiger partial charge in [-0.25, -0.2) is 9.97 Å². The number of hydrogen-bond acceptors (Lipinski definition) is 4. The molecule has 1 N–H and O–H groups in total. The van der Waals surface area contributed by atoms with Gasteiger partial charge in [0.1, 0.15) is 6.54 Å². The lowest BCUT2D eigenvalue weighted by atomic mass is 10.1. The molecular weight excluding hydrogens is 176 g/mol. The molecular formula is C10H14N4. The summed E-state index contributed by atoms with van der Waals surface area (Å²) < 4.78 is 0. The van der Waals surface area contributed by atoms with Crippen molar-refractivity contribution in [3.63, 3.8) is 0 Å². The van der Waals surface area contributed by atoms with E-state index in [9.17, 15) is 0 Å². The summed E-state index contributed by atoms with van der Waals surface area (Å²) in [5, 5.41) is 11.1. The fourth-order valence-corrected chi connectivity index (χ4v) is 1.14. The number of nitriles is 1. The molecule has 0 amide bonds. The Morgan fingerprint density at radius 1 is 1.43 bits per heavy atom. The van der Waals surface area contributed by atoms with Crippen LogP contribution in [-0.2, 0) is 6.42 Å². The van der Waals surface area contributed by atoms with Crippen LogP contribution in [0.4, 0.5) is 5.95 Å². The van der Waals surface area contributed by atoms with Crippen LogP contribution in [0, 0.1) is 17.2 Å². The van der Waals surface area contributed by atoms with Gasteiger partial charge in [-0.3, -0.25) is 0 Å². The summed E-state index contributed by atoms with van der Waals surface area (Å²) in [4.78, 5) is 8.19. The van der Waals surface area contributed by atoms with Gasteiger partial charge in [-0.2, -0.15) is 5.26 Å². The average Bonchev–Trinajstić information content (AvgIpc) is 2.16. The Morgan fingerprint density at radius 2 is 2.07 bits per heavy atom. The van der Waals surface area contributed by atoms with Crippen LogP contribution in [0.2, 0.25) is 0 Å². The zero-order valence-corrected chi connectivity index (χ0v) is 8.49. The van der Waals surface area contributed by atoms with Crippen molar-refractivity contribution in [2.45, 2.75) is 20.3 Å². The van der Waals surface area contributed by atoms with Crippen molar-refractivity contribution in [3.8, 4) is 6.07 Å². The summed E-state index contributed by atoms with van der Waals surface area (Å²) in [6, 6.07) is 1.97. The molecule has 74 valence electrons. The molecule has 0 atom stereocenters. The molecule has 4 nitrogen and oxygen atoms in total. The Bertz CT molecular complexity index is 310. The zero-order valence-electron chi connectivity index (χ0n) is 8.49. The highest BCUT2D eigenvalue weighted by molar-refractivity contribution is 5.26. The van der Waals surface area contributed by atoms with Gasteiger partial charge in [0.25, 0.3) is 0 Å². The standard InChI is InChI=1S/C10H14N4/c1-8(2)5-9-6-13-10(14-7-9)12-4-3-11/h6-8H,4-5H2,1-2H3,(H,12,13,14). The van der Waals surface area contributed by atoms with E-state index in [1.54, 1.807) is 12.4 Å². The van der Waals surface area contributed by atoms with Crippen LogP contribution in [0.15, 0.2) is 12.4 Å². The monoisotopic (exact) mass is 190 g/mol. The van der Waals surface area contributed by atoms with E-state index in [0.717, 1.165) is 12.0 Å². The predicted molar refractivity (Wildman–Crippen MR) is 54.7 cm³/mol. The van der Waals surface area contributed by atoms with Crippen molar-refractivity contribution >= 4 is 5.95 Å². The molecule has 0 spiro atoms. The molecule has 0 fully saturated rings. The maximum absolute atomic E-state index is 8.33. The Balaban J connectivity index is 2.56. The molecule has 1 rings (SSSR count). The van der Waals surface area contributed by atoms with E-state index in [1.165, 1.54) is 0 Å². The molecule has 0 unspecified atom stereocenters. The second-order valence-electron chi connectivity index (χ2n) is 3.52. The molecule has 0 bridgehead atoms. The van der Waals surface area contributed by atoms with Gasteiger partial charge in [-0.1, -0.05) is 13.8 Å². The Kier molecular flexibility index (Phi) is 3.86. The van der Waals surface area contributed by atoms with E-state index in [4.69, 9.17) is 5.26 Å². The van der Waals surface area contributed by atoms with Crippen LogP contribution in [0.5, 0.6) is 0 Å². The molecule has 0 saturated carbocycles. The highest BCUT2D eigenvalue weighted by atomic mass is 15.1. The van der Waals surface area contributed by atoms with Crippen LogP contribution < -0.4 is 5.32 Å². The lowest BCUT2D eigenvalue weighted by molar-refractivity contribution is 0.643. The minimum atomic E-state index is 0.240. The van der Waals surface area contributed by atoms with Crippen molar-refractivity contribution in [3.05, 3.63) is 18.0 Å². The van der Waals surface area contributed by atoms with Crippen LogP contribution >= 0.6 is 0 Å². The van der Waals surface area contributed by atoms with Crippen molar-refractivity contribution in [1.82, 2.24) is 9.97 Å². The minimum absolute atomic E-state index is 0.240. The first-order chi connectivity index (χ1) is 6.72. The smallest absolute Gasteiger partial charge is 0.223 e. The third kappa shape index (κ3) is 3.40. The topological polar surface area (TPSA) is 61.6 Å². The summed E-state index contributed by atoms with van der Waals surface area (Å²) in [5.74, 6) is 1.12. The maximum atomic E-state index is 8.33. The number of aromatic nitrogens is 2. The number of nitrogens with one attached hydrogen (secondary N) is 1. The molecule has 1 aromatic rings. The summed E-state index contributed by atoms with van der Waals surface area (Å²) in [6.07, 6.45) is 4.58. The first-order valence-corrected chi connectivity index (χ1v) is 4.64. The third-order valence-electron chi connectivity index (χ3n) is 1.67. The van der Waals surface area contributed by atoms with Crippen molar-refractivity contribution in [2.24, 2.45) is 5.92 Å². The van der Waals surface area contributed by atoms with Crippen molar-refractivity contribution in [1.29, 1.82) is 5.26 Å². The highest BCUT2D eigenvalue weighted by Crippen LogP contribution is 2.06. The van der Waals surface area contributed by atoms with Crippen molar-refractivity contribution in [2.75, 3.05) is 11.9 Å². The van der Waals surface area contributed by atoms with Crippen LogP contribution in [0.1, 0.15) is 19.4 Å². The molecule has 4 heteroatoms. The number of nitrogens with zero attached hydrogens (tertiary/aromatic N) is 3.